The van der Waals surface area contributed by atoms with Gasteiger partial charge >= 0.3 is 0 Å². The minimum Gasteiger partial charge on any atom is -0.330 e. The van der Waals surface area contributed by atoms with E-state index in [1.807, 2.05) is 12.2 Å². The first-order valence-electron chi connectivity index (χ1n) is 4.74. The number of aromatic nitrogens is 3. The smallest absolute Gasteiger partial charge is 0.275 e. The molecular weight excluding hydrogens is 192 g/mol. The first kappa shape index (κ1) is 9.67. The van der Waals surface area contributed by atoms with Crippen molar-refractivity contribution in [2.45, 2.75) is 6.42 Å². The molecule has 0 unspecified atom stereocenters. The van der Waals surface area contributed by atoms with Gasteiger partial charge in [0.1, 0.15) is 11.8 Å². The molecule has 0 amide bonds. The van der Waals surface area contributed by atoms with Gasteiger partial charge in [0.05, 0.1) is 0 Å². The van der Waals surface area contributed by atoms with E-state index in [-0.39, 0.29) is 5.56 Å². The lowest BCUT2D eigenvalue weighted by molar-refractivity contribution is 0.888. The quantitative estimate of drug-likeness (QED) is 0.759. The summed E-state index contributed by atoms with van der Waals surface area (Å²) in [5, 5.41) is 3.99. The van der Waals surface area contributed by atoms with Gasteiger partial charge in [-0.05, 0) is 24.6 Å². The number of H-pyrrole nitrogens is 1. The molecule has 0 saturated carbocycles. The van der Waals surface area contributed by atoms with Crippen molar-refractivity contribution in [1.82, 2.24) is 14.6 Å². The molecule has 0 radical (unpaired) electrons. The molecule has 0 aliphatic rings. The molecule has 5 nitrogen and oxygen atoms in total. The highest BCUT2D eigenvalue weighted by molar-refractivity contribution is 5.58. The molecule has 2 rings (SSSR count). The molecule has 0 atom stereocenters. The van der Waals surface area contributed by atoms with Gasteiger partial charge in [-0.15, -0.1) is 0 Å². The summed E-state index contributed by atoms with van der Waals surface area (Å²) in [5.74, 6) is 0. The average Bonchev–Trinajstić information content (AvgIpc) is 2.63. The van der Waals surface area contributed by atoms with Crippen LogP contribution in [-0.4, -0.2) is 21.1 Å². The molecule has 0 saturated heterocycles. The van der Waals surface area contributed by atoms with E-state index in [0.717, 1.165) is 12.0 Å². The van der Waals surface area contributed by atoms with E-state index in [2.05, 4.69) is 10.1 Å². The zero-order valence-corrected chi connectivity index (χ0v) is 8.18. The van der Waals surface area contributed by atoms with Gasteiger partial charge in [-0.1, -0.05) is 12.2 Å². The molecule has 2 aromatic heterocycles. The normalized spacial score (nSPS) is 11.5. The number of nitrogens with two attached hydrogens (primary N) is 1. The molecule has 0 fully saturated rings. The number of nitrogens with zero attached hydrogens (tertiary/aromatic N) is 2. The van der Waals surface area contributed by atoms with E-state index < -0.39 is 0 Å². The molecule has 5 heteroatoms. The summed E-state index contributed by atoms with van der Waals surface area (Å²) in [4.78, 5) is 13.9. The average molecular weight is 204 g/mol. The third-order valence-corrected chi connectivity index (χ3v) is 2.08. The Morgan fingerprint density at radius 1 is 1.60 bits per heavy atom. The standard InChI is InChI=1S/C10H12N4O/c11-4-2-1-3-8-5-9-10(15)12-7-13-14(9)6-8/h1,3,5-7H,2,4,11H2,(H,12,13,15). The third-order valence-electron chi connectivity index (χ3n) is 2.08. The lowest BCUT2D eigenvalue weighted by Gasteiger charge is -1.87. The van der Waals surface area contributed by atoms with Crippen LogP contribution in [0.5, 0.6) is 0 Å². The Hall–Kier alpha value is -1.88. The van der Waals surface area contributed by atoms with Crippen LogP contribution >= 0.6 is 0 Å². The van der Waals surface area contributed by atoms with Crippen molar-refractivity contribution in [2.24, 2.45) is 5.73 Å². The summed E-state index contributed by atoms with van der Waals surface area (Å²) in [5.41, 5.74) is 6.73. The fourth-order valence-corrected chi connectivity index (χ4v) is 1.37. The van der Waals surface area contributed by atoms with Gasteiger partial charge in [0.25, 0.3) is 5.56 Å². The van der Waals surface area contributed by atoms with E-state index in [9.17, 15) is 4.79 Å². The Balaban J connectivity index is 2.39. The second-order valence-corrected chi connectivity index (χ2v) is 3.20. The largest absolute Gasteiger partial charge is 0.330 e. The Kier molecular flexibility index (Phi) is 2.64. The molecule has 0 spiro atoms. The van der Waals surface area contributed by atoms with Crippen LogP contribution in [0.1, 0.15) is 12.0 Å². The lowest BCUT2D eigenvalue weighted by atomic mass is 10.2. The highest BCUT2D eigenvalue weighted by atomic mass is 16.1. The Bertz CT molecular complexity index is 538. The van der Waals surface area contributed by atoms with E-state index in [1.54, 1.807) is 16.8 Å². The Morgan fingerprint density at radius 2 is 2.47 bits per heavy atom. The van der Waals surface area contributed by atoms with Gasteiger partial charge in [0, 0.05) is 6.20 Å². The first-order valence-corrected chi connectivity index (χ1v) is 4.74. The van der Waals surface area contributed by atoms with Gasteiger partial charge in [-0.25, -0.2) is 4.52 Å². The van der Waals surface area contributed by atoms with Gasteiger partial charge < -0.3 is 10.7 Å². The molecule has 0 aromatic carbocycles. The number of fused-ring (bicyclic) bond motifs is 1. The topological polar surface area (TPSA) is 76.2 Å². The Labute approximate surface area is 86.2 Å². The van der Waals surface area contributed by atoms with Crippen molar-refractivity contribution in [3.8, 4) is 0 Å². The van der Waals surface area contributed by atoms with Crippen molar-refractivity contribution in [2.75, 3.05) is 6.54 Å². The number of hydrogen-bond donors (Lipinski definition) is 2. The van der Waals surface area contributed by atoms with Crippen molar-refractivity contribution < 1.29 is 0 Å². The molecule has 0 bridgehead atoms. The SMILES string of the molecule is NCCC=Cc1cc2c(=O)[nH]cnn2c1. The molecule has 0 aliphatic carbocycles. The highest BCUT2D eigenvalue weighted by Crippen LogP contribution is 2.06. The monoisotopic (exact) mass is 204 g/mol. The van der Waals surface area contributed by atoms with E-state index in [1.165, 1.54) is 6.33 Å². The summed E-state index contributed by atoms with van der Waals surface area (Å²) < 4.78 is 1.56. The summed E-state index contributed by atoms with van der Waals surface area (Å²) in [6.45, 7) is 0.628. The van der Waals surface area contributed by atoms with Crippen LogP contribution in [0.15, 0.2) is 29.5 Å². The molecule has 78 valence electrons. The molecular formula is C10H12N4O. The van der Waals surface area contributed by atoms with Gasteiger partial charge in [-0.3, -0.25) is 4.79 Å². The minimum absolute atomic E-state index is 0.136. The number of nitrogens with one attached hydrogen (secondary N) is 1. The maximum absolute atomic E-state index is 11.4. The van der Waals surface area contributed by atoms with Gasteiger partial charge in [-0.2, -0.15) is 5.10 Å². The maximum Gasteiger partial charge on any atom is 0.275 e. The van der Waals surface area contributed by atoms with Crippen LogP contribution in [0.3, 0.4) is 0 Å². The van der Waals surface area contributed by atoms with Crippen LogP contribution in [0.4, 0.5) is 0 Å². The number of rotatable bonds is 3. The van der Waals surface area contributed by atoms with Crippen molar-refractivity contribution in [1.29, 1.82) is 0 Å². The van der Waals surface area contributed by atoms with E-state index >= 15 is 0 Å². The summed E-state index contributed by atoms with van der Waals surface area (Å²) in [6, 6.07) is 1.79. The number of hydrogen-bond acceptors (Lipinski definition) is 3. The van der Waals surface area contributed by atoms with Gasteiger partial charge in [0.2, 0.25) is 0 Å². The molecule has 2 aromatic rings. The van der Waals surface area contributed by atoms with Crippen LogP contribution < -0.4 is 11.3 Å². The van der Waals surface area contributed by atoms with Crippen LogP contribution in [0.25, 0.3) is 11.6 Å². The second kappa shape index (κ2) is 4.10. The zero-order valence-electron chi connectivity index (χ0n) is 8.18. The molecule has 0 aliphatic heterocycles. The van der Waals surface area contributed by atoms with Crippen LogP contribution in [-0.2, 0) is 0 Å². The molecule has 2 heterocycles. The fraction of sp³-hybridized carbons (Fsp3) is 0.200. The summed E-state index contributed by atoms with van der Waals surface area (Å²) >= 11 is 0. The first-order chi connectivity index (χ1) is 7.31. The molecule has 3 N–H and O–H groups in total. The van der Waals surface area contributed by atoms with E-state index in [4.69, 9.17) is 5.73 Å². The summed E-state index contributed by atoms with van der Waals surface area (Å²) in [6.07, 6.45) is 7.92. The highest BCUT2D eigenvalue weighted by Gasteiger charge is 2.00. The fourth-order valence-electron chi connectivity index (χ4n) is 1.37. The van der Waals surface area contributed by atoms with Crippen molar-refractivity contribution >= 4 is 11.6 Å². The lowest BCUT2D eigenvalue weighted by Crippen LogP contribution is -2.09. The second-order valence-electron chi connectivity index (χ2n) is 3.20. The van der Waals surface area contributed by atoms with Crippen LogP contribution in [0.2, 0.25) is 0 Å². The van der Waals surface area contributed by atoms with Gasteiger partial charge in [0.15, 0.2) is 0 Å². The van der Waals surface area contributed by atoms with Crippen molar-refractivity contribution in [3.63, 3.8) is 0 Å². The predicted octanol–water partition coefficient (Wildman–Crippen LogP) is 0.385. The third kappa shape index (κ3) is 1.97. The number of aromatic amines is 1. The maximum atomic E-state index is 11.4. The zero-order chi connectivity index (χ0) is 10.7. The Morgan fingerprint density at radius 3 is 3.20 bits per heavy atom. The van der Waals surface area contributed by atoms with Crippen molar-refractivity contribution in [3.05, 3.63) is 40.6 Å². The predicted molar refractivity (Wildman–Crippen MR) is 58.5 cm³/mol. The van der Waals surface area contributed by atoms with E-state index in [0.29, 0.717) is 12.1 Å². The van der Waals surface area contributed by atoms with Crippen LogP contribution in [0, 0.1) is 0 Å². The molecule has 15 heavy (non-hydrogen) atoms. The summed E-state index contributed by atoms with van der Waals surface area (Å²) in [7, 11) is 0. The minimum atomic E-state index is -0.136.